The van der Waals surface area contributed by atoms with E-state index in [-0.39, 0.29) is 0 Å². The van der Waals surface area contributed by atoms with Crippen LogP contribution in [0.1, 0.15) is 59.8 Å². The molecule has 4 rings (SSSR count). The Morgan fingerprint density at radius 2 is 1.06 bits per heavy atom. The van der Waals surface area contributed by atoms with Crippen molar-refractivity contribution in [3.05, 3.63) is 70.8 Å². The lowest BCUT2D eigenvalue weighted by Gasteiger charge is -2.24. The minimum Gasteiger partial charge on any atom is -0.381 e. The van der Waals surface area contributed by atoms with E-state index in [4.69, 9.17) is 14.2 Å². The lowest BCUT2D eigenvalue weighted by molar-refractivity contribution is 0.0851. The summed E-state index contributed by atoms with van der Waals surface area (Å²) in [4.78, 5) is 0. The summed E-state index contributed by atoms with van der Waals surface area (Å²) in [5.74, 6) is 7.39. The largest absolute Gasteiger partial charge is 0.381 e. The van der Waals surface area contributed by atoms with Gasteiger partial charge in [-0.1, -0.05) is 60.4 Å². The van der Waals surface area contributed by atoms with Crippen LogP contribution in [-0.2, 0) is 27.1 Å². The van der Waals surface area contributed by atoms with Gasteiger partial charge in [0, 0.05) is 39.3 Å². The fraction of sp³-hybridized carbons (Fsp3) is 0.429. The van der Waals surface area contributed by atoms with Crippen LogP contribution in [-0.4, -0.2) is 26.4 Å². The van der Waals surface area contributed by atoms with E-state index < -0.39 is 0 Å². The summed E-state index contributed by atoms with van der Waals surface area (Å²) in [7, 11) is 0. The smallest absolute Gasteiger partial charge is 0.130 e. The van der Waals surface area contributed by atoms with Gasteiger partial charge < -0.3 is 14.2 Å². The third-order valence-electron chi connectivity index (χ3n) is 6.24. The number of hydrogen-bond acceptors (Lipinski definition) is 3. The Kier molecular flexibility index (Phi) is 8.06. The SMILES string of the molecule is C(#COC#CCc1ccccc1C1CCOCC1)Cc1ccccc1C1CCOCC1. The fourth-order valence-electron chi connectivity index (χ4n) is 4.56. The first-order valence-corrected chi connectivity index (χ1v) is 11.3. The second kappa shape index (κ2) is 11.6. The molecule has 3 nitrogen and oxygen atoms in total. The molecule has 2 aliphatic heterocycles. The van der Waals surface area contributed by atoms with Gasteiger partial charge in [0.2, 0.25) is 0 Å². The summed E-state index contributed by atoms with van der Waals surface area (Å²) in [6.45, 7) is 3.39. The highest BCUT2D eigenvalue weighted by molar-refractivity contribution is 5.34. The molecule has 0 aliphatic carbocycles. The molecule has 0 N–H and O–H groups in total. The Morgan fingerprint density at radius 3 is 1.52 bits per heavy atom. The van der Waals surface area contributed by atoms with E-state index in [1.807, 2.05) is 0 Å². The van der Waals surface area contributed by atoms with Crippen molar-refractivity contribution in [1.29, 1.82) is 0 Å². The first-order valence-electron chi connectivity index (χ1n) is 11.3. The van der Waals surface area contributed by atoms with Gasteiger partial charge in [0.1, 0.15) is 12.2 Å². The van der Waals surface area contributed by atoms with Gasteiger partial charge in [0.05, 0.1) is 0 Å². The molecule has 0 saturated carbocycles. The predicted octanol–water partition coefficient (Wildman–Crippen LogP) is 5.20. The van der Waals surface area contributed by atoms with Crippen LogP contribution >= 0.6 is 0 Å². The van der Waals surface area contributed by atoms with E-state index in [1.165, 1.54) is 22.3 Å². The minimum absolute atomic E-state index is 0.572. The first kappa shape index (κ1) is 21.5. The maximum Gasteiger partial charge on any atom is 0.130 e. The van der Waals surface area contributed by atoms with Gasteiger partial charge in [0.15, 0.2) is 0 Å². The molecule has 31 heavy (non-hydrogen) atoms. The van der Waals surface area contributed by atoms with E-state index in [0.29, 0.717) is 24.7 Å². The maximum absolute atomic E-state index is 5.50. The Balaban J connectivity index is 1.31. The second-order valence-corrected chi connectivity index (χ2v) is 8.18. The molecule has 0 amide bonds. The number of hydrogen-bond donors (Lipinski definition) is 0. The summed E-state index contributed by atoms with van der Waals surface area (Å²) in [5, 5.41) is 0. The Hall–Kier alpha value is -2.72. The van der Waals surface area contributed by atoms with Crippen molar-refractivity contribution in [2.45, 2.75) is 50.4 Å². The molecule has 3 heteroatoms. The normalized spacial score (nSPS) is 17.2. The third kappa shape index (κ3) is 6.14. The average Bonchev–Trinajstić information content (AvgIpc) is 2.85. The molecule has 0 atom stereocenters. The molecule has 160 valence electrons. The molecule has 2 aromatic rings. The van der Waals surface area contributed by atoms with Crippen molar-refractivity contribution >= 4 is 0 Å². The van der Waals surface area contributed by atoms with Gasteiger partial charge >= 0.3 is 0 Å². The van der Waals surface area contributed by atoms with Crippen LogP contribution in [0.15, 0.2) is 48.5 Å². The summed E-state index contributed by atoms with van der Waals surface area (Å²) in [6, 6.07) is 17.2. The van der Waals surface area contributed by atoms with Crippen LogP contribution < -0.4 is 0 Å². The zero-order valence-corrected chi connectivity index (χ0v) is 18.1. The number of benzene rings is 2. The van der Waals surface area contributed by atoms with Crippen LogP contribution in [0.3, 0.4) is 0 Å². The average molecular weight is 415 g/mol. The molecule has 2 saturated heterocycles. The summed E-state index contributed by atoms with van der Waals surface area (Å²) in [6.07, 6.45) is 11.2. The summed E-state index contributed by atoms with van der Waals surface area (Å²) >= 11 is 0. The third-order valence-corrected chi connectivity index (χ3v) is 6.24. The topological polar surface area (TPSA) is 27.7 Å². The molecule has 0 spiro atoms. The van der Waals surface area contributed by atoms with Crippen molar-refractivity contribution in [3.8, 4) is 24.1 Å². The van der Waals surface area contributed by atoms with E-state index in [0.717, 1.165) is 52.1 Å². The maximum atomic E-state index is 5.50. The Bertz CT molecular complexity index is 881. The molecule has 2 fully saturated rings. The number of rotatable bonds is 4. The van der Waals surface area contributed by atoms with Gasteiger partial charge in [-0.25, -0.2) is 0 Å². The molecule has 2 heterocycles. The van der Waals surface area contributed by atoms with Gasteiger partial charge in [-0.3, -0.25) is 0 Å². The molecule has 2 aromatic carbocycles. The van der Waals surface area contributed by atoms with Crippen molar-refractivity contribution in [2.24, 2.45) is 0 Å². The highest BCUT2D eigenvalue weighted by Crippen LogP contribution is 2.30. The van der Waals surface area contributed by atoms with E-state index in [9.17, 15) is 0 Å². The highest BCUT2D eigenvalue weighted by atomic mass is 16.5. The summed E-state index contributed by atoms with van der Waals surface area (Å²) < 4.78 is 16.3. The van der Waals surface area contributed by atoms with Crippen molar-refractivity contribution in [1.82, 2.24) is 0 Å². The van der Waals surface area contributed by atoms with E-state index in [1.54, 1.807) is 0 Å². The van der Waals surface area contributed by atoms with E-state index >= 15 is 0 Å². The Labute approximate surface area is 186 Å². The predicted molar refractivity (Wildman–Crippen MR) is 123 cm³/mol. The minimum atomic E-state index is 0.572. The lowest BCUT2D eigenvalue weighted by Crippen LogP contribution is -2.15. The van der Waals surface area contributed by atoms with Crippen molar-refractivity contribution in [3.63, 3.8) is 0 Å². The standard InChI is InChI=1S/C28H30O3/c1-3-11-27(25-13-19-30-20-14-25)23(7-1)9-5-17-29-18-6-10-24-8-2-4-12-28(24)26-15-21-31-22-16-26/h1-4,7-8,11-12,25-26H,9-10,13-16,19-22H2. The van der Waals surface area contributed by atoms with Crippen LogP contribution in [0, 0.1) is 24.1 Å². The quantitative estimate of drug-likeness (QED) is 0.644. The first-order chi connectivity index (χ1) is 15.4. The molecule has 0 radical (unpaired) electrons. The van der Waals surface area contributed by atoms with Crippen LogP contribution in [0.2, 0.25) is 0 Å². The molecule has 2 aliphatic rings. The zero-order chi connectivity index (χ0) is 21.1. The van der Waals surface area contributed by atoms with Gasteiger partial charge in [-0.2, -0.15) is 0 Å². The fourth-order valence-corrected chi connectivity index (χ4v) is 4.56. The monoisotopic (exact) mass is 414 g/mol. The van der Waals surface area contributed by atoms with Gasteiger partial charge in [0.25, 0.3) is 0 Å². The molecule has 0 aromatic heterocycles. The molecular formula is C28H30O3. The van der Waals surface area contributed by atoms with Gasteiger partial charge in [-0.15, -0.1) is 0 Å². The number of ether oxygens (including phenoxy) is 3. The molecule has 0 bridgehead atoms. The molecular weight excluding hydrogens is 384 g/mol. The van der Waals surface area contributed by atoms with Crippen molar-refractivity contribution in [2.75, 3.05) is 26.4 Å². The van der Waals surface area contributed by atoms with Crippen LogP contribution in [0.5, 0.6) is 0 Å². The van der Waals surface area contributed by atoms with E-state index in [2.05, 4.69) is 72.6 Å². The Morgan fingerprint density at radius 1 is 0.645 bits per heavy atom. The van der Waals surface area contributed by atoms with Gasteiger partial charge in [-0.05, 0) is 59.8 Å². The second-order valence-electron chi connectivity index (χ2n) is 8.18. The highest BCUT2D eigenvalue weighted by Gasteiger charge is 2.19. The van der Waals surface area contributed by atoms with Crippen LogP contribution in [0.25, 0.3) is 0 Å². The van der Waals surface area contributed by atoms with Crippen molar-refractivity contribution < 1.29 is 14.2 Å². The lowest BCUT2D eigenvalue weighted by atomic mass is 9.87. The summed E-state index contributed by atoms with van der Waals surface area (Å²) in [5.41, 5.74) is 5.36. The zero-order valence-electron chi connectivity index (χ0n) is 18.1. The molecule has 0 unspecified atom stereocenters. The van der Waals surface area contributed by atoms with Crippen LogP contribution in [0.4, 0.5) is 0 Å².